The van der Waals surface area contributed by atoms with E-state index < -0.39 is 0 Å². The molecule has 0 bridgehead atoms. The summed E-state index contributed by atoms with van der Waals surface area (Å²) in [6, 6.07) is 2.01. The summed E-state index contributed by atoms with van der Waals surface area (Å²) < 4.78 is 0. The minimum absolute atomic E-state index is 0. The molecule has 22 heavy (non-hydrogen) atoms. The molecule has 124 valence electrons. The predicted molar refractivity (Wildman–Crippen MR) is 90.2 cm³/mol. The van der Waals surface area contributed by atoms with E-state index in [1.165, 1.54) is 37.8 Å². The molecule has 2 aliphatic carbocycles. The molecule has 0 spiro atoms. The fourth-order valence-corrected chi connectivity index (χ4v) is 3.91. The van der Waals surface area contributed by atoms with Gasteiger partial charge in [-0.05, 0) is 38.1 Å². The summed E-state index contributed by atoms with van der Waals surface area (Å²) in [5, 5.41) is 10.3. The van der Waals surface area contributed by atoms with Gasteiger partial charge in [-0.1, -0.05) is 25.7 Å². The maximum Gasteiger partial charge on any atom is 0.229 e. The van der Waals surface area contributed by atoms with Crippen LogP contribution in [0.5, 0.6) is 0 Å². The highest BCUT2D eigenvalue weighted by Gasteiger charge is 2.32. The minimum Gasteiger partial charge on any atom is -0.330 e. The van der Waals surface area contributed by atoms with E-state index in [-0.39, 0.29) is 24.2 Å². The average Bonchev–Trinajstić information content (AvgIpc) is 3.16. The number of aromatic amines is 1. The largest absolute Gasteiger partial charge is 0.330 e. The number of amides is 1. The van der Waals surface area contributed by atoms with Gasteiger partial charge < -0.3 is 11.1 Å². The first-order valence-electron chi connectivity index (χ1n) is 8.34. The van der Waals surface area contributed by atoms with Crippen LogP contribution < -0.4 is 11.1 Å². The molecular formula is C16H27ClN4O. The van der Waals surface area contributed by atoms with Crippen LogP contribution in [-0.2, 0) is 4.79 Å². The smallest absolute Gasteiger partial charge is 0.229 e. The molecule has 1 heterocycles. The highest BCUT2D eigenvalue weighted by molar-refractivity contribution is 5.92. The number of carbonyl (C=O) groups is 1. The van der Waals surface area contributed by atoms with E-state index in [2.05, 4.69) is 15.5 Å². The van der Waals surface area contributed by atoms with Crippen LogP contribution in [0.3, 0.4) is 0 Å². The van der Waals surface area contributed by atoms with Crippen LogP contribution in [0.2, 0.25) is 0 Å². The van der Waals surface area contributed by atoms with E-state index >= 15 is 0 Å². The molecule has 1 aromatic heterocycles. The summed E-state index contributed by atoms with van der Waals surface area (Å²) in [4.78, 5) is 12.3. The number of halogens is 1. The SMILES string of the molecule is Cl.NC[C@H]1CCC[C@H]1C(=O)Nc1cc(C2CCCCC2)[nH]n1. The van der Waals surface area contributed by atoms with E-state index in [1.807, 2.05) is 6.07 Å². The Morgan fingerprint density at radius 1 is 1.23 bits per heavy atom. The van der Waals surface area contributed by atoms with Crippen LogP contribution in [0.25, 0.3) is 0 Å². The molecule has 1 aromatic rings. The van der Waals surface area contributed by atoms with Crippen LogP contribution in [0.15, 0.2) is 6.07 Å². The second-order valence-corrected chi connectivity index (χ2v) is 6.57. The van der Waals surface area contributed by atoms with Gasteiger partial charge in [0.1, 0.15) is 0 Å². The number of carbonyl (C=O) groups excluding carboxylic acids is 1. The Morgan fingerprint density at radius 2 is 2.00 bits per heavy atom. The number of aromatic nitrogens is 2. The maximum absolute atomic E-state index is 12.3. The van der Waals surface area contributed by atoms with Gasteiger partial charge in [-0.25, -0.2) is 0 Å². The Hall–Kier alpha value is -1.07. The van der Waals surface area contributed by atoms with E-state index in [0.717, 1.165) is 19.3 Å². The van der Waals surface area contributed by atoms with Crippen molar-refractivity contribution >= 4 is 24.1 Å². The zero-order chi connectivity index (χ0) is 14.7. The van der Waals surface area contributed by atoms with Gasteiger partial charge in [0.15, 0.2) is 5.82 Å². The first kappa shape index (κ1) is 17.3. The van der Waals surface area contributed by atoms with Crippen molar-refractivity contribution in [2.45, 2.75) is 57.3 Å². The van der Waals surface area contributed by atoms with Crippen molar-refractivity contribution in [2.24, 2.45) is 17.6 Å². The van der Waals surface area contributed by atoms with Crippen LogP contribution in [0.4, 0.5) is 5.82 Å². The summed E-state index contributed by atoms with van der Waals surface area (Å²) in [5.74, 6) is 1.74. The lowest BCUT2D eigenvalue weighted by molar-refractivity contribution is -0.120. The van der Waals surface area contributed by atoms with E-state index in [1.54, 1.807) is 0 Å². The van der Waals surface area contributed by atoms with Crippen molar-refractivity contribution in [3.63, 3.8) is 0 Å². The number of hydrogen-bond donors (Lipinski definition) is 3. The summed E-state index contributed by atoms with van der Waals surface area (Å²) in [6.45, 7) is 0.603. The van der Waals surface area contributed by atoms with Crippen molar-refractivity contribution in [3.05, 3.63) is 11.8 Å². The van der Waals surface area contributed by atoms with E-state index in [9.17, 15) is 4.79 Å². The number of rotatable bonds is 4. The van der Waals surface area contributed by atoms with Gasteiger partial charge in [-0.15, -0.1) is 12.4 Å². The van der Waals surface area contributed by atoms with Gasteiger partial charge >= 0.3 is 0 Å². The first-order chi connectivity index (χ1) is 10.3. The zero-order valence-electron chi connectivity index (χ0n) is 13.0. The third-order valence-electron chi connectivity index (χ3n) is 5.19. The Labute approximate surface area is 138 Å². The molecule has 0 unspecified atom stereocenters. The molecule has 2 fully saturated rings. The molecule has 1 amide bonds. The van der Waals surface area contributed by atoms with Crippen LogP contribution in [0.1, 0.15) is 63.0 Å². The second kappa shape index (κ2) is 7.97. The molecule has 5 nitrogen and oxygen atoms in total. The van der Waals surface area contributed by atoms with Crippen molar-refractivity contribution in [3.8, 4) is 0 Å². The number of nitrogens with two attached hydrogens (primary N) is 1. The molecule has 3 rings (SSSR count). The fourth-order valence-electron chi connectivity index (χ4n) is 3.91. The van der Waals surface area contributed by atoms with Gasteiger partial charge in [-0.2, -0.15) is 5.10 Å². The normalized spacial score (nSPS) is 25.7. The minimum atomic E-state index is 0. The standard InChI is InChI=1S/C16H26N4O.ClH/c17-10-12-7-4-8-13(12)16(21)18-15-9-14(19-20-15)11-5-2-1-3-6-11;/h9,11-13H,1-8,10,17H2,(H2,18,19,20,21);1H/t12-,13-;/m1./s1. The van der Waals surface area contributed by atoms with Crippen LogP contribution in [0, 0.1) is 11.8 Å². The summed E-state index contributed by atoms with van der Waals surface area (Å²) in [7, 11) is 0. The highest BCUT2D eigenvalue weighted by atomic mass is 35.5. The highest BCUT2D eigenvalue weighted by Crippen LogP contribution is 2.33. The average molecular weight is 327 g/mol. The fraction of sp³-hybridized carbons (Fsp3) is 0.750. The molecule has 2 atom stereocenters. The molecule has 0 radical (unpaired) electrons. The van der Waals surface area contributed by atoms with Crippen molar-refractivity contribution in [1.82, 2.24) is 10.2 Å². The predicted octanol–water partition coefficient (Wildman–Crippen LogP) is 3.19. The summed E-state index contributed by atoms with van der Waals surface area (Å²) in [6.07, 6.45) is 9.53. The second-order valence-electron chi connectivity index (χ2n) is 6.57. The van der Waals surface area contributed by atoms with Gasteiger partial charge in [0.2, 0.25) is 5.91 Å². The molecule has 0 aromatic carbocycles. The third kappa shape index (κ3) is 3.82. The Morgan fingerprint density at radius 3 is 2.73 bits per heavy atom. The number of nitrogens with zero attached hydrogens (tertiary/aromatic N) is 1. The third-order valence-corrected chi connectivity index (χ3v) is 5.19. The van der Waals surface area contributed by atoms with Crippen LogP contribution in [-0.4, -0.2) is 22.6 Å². The number of hydrogen-bond acceptors (Lipinski definition) is 3. The molecule has 0 saturated heterocycles. The van der Waals surface area contributed by atoms with Crippen molar-refractivity contribution in [1.29, 1.82) is 0 Å². The lowest BCUT2D eigenvalue weighted by Gasteiger charge is -2.19. The number of H-pyrrole nitrogens is 1. The zero-order valence-corrected chi connectivity index (χ0v) is 13.8. The monoisotopic (exact) mass is 326 g/mol. The number of nitrogens with one attached hydrogen (secondary N) is 2. The van der Waals surface area contributed by atoms with Crippen LogP contribution >= 0.6 is 12.4 Å². The molecule has 6 heteroatoms. The van der Waals surface area contributed by atoms with E-state index in [0.29, 0.717) is 24.2 Å². The molecule has 0 aliphatic heterocycles. The topological polar surface area (TPSA) is 83.8 Å². The molecule has 2 aliphatic rings. The molecular weight excluding hydrogens is 300 g/mol. The number of anilines is 1. The Bertz CT molecular complexity index is 484. The van der Waals surface area contributed by atoms with Crippen molar-refractivity contribution in [2.75, 3.05) is 11.9 Å². The van der Waals surface area contributed by atoms with Gasteiger partial charge in [0, 0.05) is 23.6 Å². The Balaban J connectivity index is 0.00000176. The first-order valence-corrected chi connectivity index (χ1v) is 8.34. The lowest BCUT2D eigenvalue weighted by atomic mass is 9.87. The van der Waals surface area contributed by atoms with Gasteiger partial charge in [0.25, 0.3) is 0 Å². The van der Waals surface area contributed by atoms with Gasteiger partial charge in [-0.3, -0.25) is 9.89 Å². The summed E-state index contributed by atoms with van der Waals surface area (Å²) >= 11 is 0. The Kier molecular flexibility index (Phi) is 6.26. The van der Waals surface area contributed by atoms with Gasteiger partial charge in [0.05, 0.1) is 0 Å². The summed E-state index contributed by atoms with van der Waals surface area (Å²) in [5.41, 5.74) is 6.93. The lowest BCUT2D eigenvalue weighted by Crippen LogP contribution is -2.29. The maximum atomic E-state index is 12.3. The van der Waals surface area contributed by atoms with Crippen molar-refractivity contribution < 1.29 is 4.79 Å². The quantitative estimate of drug-likeness (QED) is 0.794. The molecule has 2 saturated carbocycles. The molecule has 4 N–H and O–H groups in total. The van der Waals surface area contributed by atoms with E-state index in [4.69, 9.17) is 5.73 Å².